The summed E-state index contributed by atoms with van der Waals surface area (Å²) in [6.45, 7) is 0.225. The van der Waals surface area contributed by atoms with Crippen LogP contribution in [0.25, 0.3) is 10.9 Å². The summed E-state index contributed by atoms with van der Waals surface area (Å²) in [7, 11) is -1.42. The van der Waals surface area contributed by atoms with Crippen molar-refractivity contribution in [3.8, 4) is 0 Å². The summed E-state index contributed by atoms with van der Waals surface area (Å²) in [5.41, 5.74) is 1.91. The molecule has 1 aromatic carbocycles. The van der Waals surface area contributed by atoms with E-state index >= 15 is 0 Å². The second-order valence-corrected chi connectivity index (χ2v) is 7.28. The van der Waals surface area contributed by atoms with Crippen molar-refractivity contribution in [3.05, 3.63) is 36.0 Å². The van der Waals surface area contributed by atoms with Crippen LogP contribution in [-0.2, 0) is 21.1 Å². The van der Waals surface area contributed by atoms with Crippen LogP contribution in [0.3, 0.4) is 0 Å². The standard InChI is InChI=1S/C14H18N2O3S/c1-16(7-8-20(2,18)19)14(17)10-11-3-4-12-5-6-15-13(12)9-11/h3-6,9,15H,7-8,10H2,1-2H3. The number of rotatable bonds is 5. The Morgan fingerprint density at radius 3 is 2.75 bits per heavy atom. The summed E-state index contributed by atoms with van der Waals surface area (Å²) in [5, 5.41) is 1.10. The average molecular weight is 294 g/mol. The van der Waals surface area contributed by atoms with Crippen molar-refractivity contribution in [2.24, 2.45) is 0 Å². The SMILES string of the molecule is CN(CCS(C)(=O)=O)C(=O)Cc1ccc2cc[nH]c2c1. The van der Waals surface area contributed by atoms with Gasteiger partial charge in [-0.3, -0.25) is 4.79 Å². The summed E-state index contributed by atoms with van der Waals surface area (Å²) >= 11 is 0. The number of nitrogens with one attached hydrogen (secondary N) is 1. The third-order valence-electron chi connectivity index (χ3n) is 3.20. The number of benzene rings is 1. The second kappa shape index (κ2) is 5.66. The normalized spacial score (nSPS) is 11.7. The van der Waals surface area contributed by atoms with Gasteiger partial charge in [0.25, 0.3) is 0 Å². The van der Waals surface area contributed by atoms with Gasteiger partial charge >= 0.3 is 0 Å². The summed E-state index contributed by atoms with van der Waals surface area (Å²) in [4.78, 5) is 16.6. The van der Waals surface area contributed by atoms with E-state index in [-0.39, 0.29) is 24.6 Å². The zero-order valence-electron chi connectivity index (χ0n) is 11.6. The first-order chi connectivity index (χ1) is 9.35. The van der Waals surface area contributed by atoms with Crippen molar-refractivity contribution < 1.29 is 13.2 Å². The zero-order valence-corrected chi connectivity index (χ0v) is 12.4. The van der Waals surface area contributed by atoms with Crippen molar-refractivity contribution in [1.82, 2.24) is 9.88 Å². The average Bonchev–Trinajstić information content (AvgIpc) is 2.82. The Morgan fingerprint density at radius 1 is 1.30 bits per heavy atom. The van der Waals surface area contributed by atoms with Crippen molar-refractivity contribution in [1.29, 1.82) is 0 Å². The number of nitrogens with zero attached hydrogens (tertiary/aromatic N) is 1. The van der Waals surface area contributed by atoms with Gasteiger partial charge in [-0.25, -0.2) is 8.42 Å². The maximum absolute atomic E-state index is 12.0. The Kier molecular flexibility index (Phi) is 4.13. The van der Waals surface area contributed by atoms with E-state index in [1.807, 2.05) is 30.5 Å². The number of sulfone groups is 1. The number of aromatic nitrogens is 1. The Bertz CT molecular complexity index is 719. The first kappa shape index (κ1) is 14.6. The first-order valence-corrected chi connectivity index (χ1v) is 8.39. The number of H-pyrrole nitrogens is 1. The molecular weight excluding hydrogens is 276 g/mol. The van der Waals surface area contributed by atoms with Gasteiger partial charge in [-0.15, -0.1) is 0 Å². The van der Waals surface area contributed by atoms with Crippen molar-refractivity contribution >= 4 is 26.6 Å². The highest BCUT2D eigenvalue weighted by Gasteiger charge is 2.12. The van der Waals surface area contributed by atoms with Gasteiger partial charge in [0.15, 0.2) is 0 Å². The van der Waals surface area contributed by atoms with Gasteiger partial charge in [0, 0.05) is 31.6 Å². The van der Waals surface area contributed by atoms with Crippen LogP contribution in [0.2, 0.25) is 0 Å². The van der Waals surface area contributed by atoms with E-state index in [0.717, 1.165) is 16.5 Å². The van der Waals surface area contributed by atoms with Crippen LogP contribution in [0.1, 0.15) is 5.56 Å². The minimum absolute atomic E-state index is 0.00902. The minimum atomic E-state index is -3.05. The molecule has 0 unspecified atom stereocenters. The highest BCUT2D eigenvalue weighted by molar-refractivity contribution is 7.90. The Balaban J connectivity index is 1.99. The predicted molar refractivity (Wildman–Crippen MR) is 79.4 cm³/mol. The Morgan fingerprint density at radius 2 is 2.05 bits per heavy atom. The molecule has 2 rings (SSSR count). The van der Waals surface area contributed by atoms with Gasteiger partial charge in [-0.05, 0) is 23.1 Å². The molecule has 0 fully saturated rings. The maximum atomic E-state index is 12.0. The molecule has 1 N–H and O–H groups in total. The second-order valence-electron chi connectivity index (χ2n) is 5.02. The van der Waals surface area contributed by atoms with Crippen LogP contribution in [0.15, 0.2) is 30.5 Å². The van der Waals surface area contributed by atoms with Gasteiger partial charge in [-0.1, -0.05) is 12.1 Å². The molecule has 108 valence electrons. The van der Waals surface area contributed by atoms with Gasteiger partial charge in [0.2, 0.25) is 5.91 Å². The highest BCUT2D eigenvalue weighted by Crippen LogP contribution is 2.14. The number of likely N-dealkylation sites (N-methyl/N-ethyl adjacent to an activating group) is 1. The lowest BCUT2D eigenvalue weighted by atomic mass is 10.1. The van der Waals surface area contributed by atoms with Crippen LogP contribution < -0.4 is 0 Å². The lowest BCUT2D eigenvalue weighted by molar-refractivity contribution is -0.128. The molecule has 0 aliphatic heterocycles. The van der Waals surface area contributed by atoms with E-state index in [1.54, 1.807) is 7.05 Å². The lowest BCUT2D eigenvalue weighted by Gasteiger charge is -2.16. The van der Waals surface area contributed by atoms with E-state index in [2.05, 4.69) is 4.98 Å². The highest BCUT2D eigenvalue weighted by atomic mass is 32.2. The predicted octanol–water partition coefficient (Wildman–Crippen LogP) is 1.21. The van der Waals surface area contributed by atoms with Crippen LogP contribution in [0, 0.1) is 0 Å². The molecule has 1 aromatic heterocycles. The molecule has 0 spiro atoms. The summed E-state index contributed by atoms with van der Waals surface area (Å²) in [5.74, 6) is -0.0928. The Labute approximate surface area is 118 Å². The Hall–Kier alpha value is -1.82. The van der Waals surface area contributed by atoms with E-state index in [4.69, 9.17) is 0 Å². The van der Waals surface area contributed by atoms with Crippen LogP contribution in [0.5, 0.6) is 0 Å². The van der Waals surface area contributed by atoms with E-state index < -0.39 is 9.84 Å². The topological polar surface area (TPSA) is 70.2 Å². The third kappa shape index (κ3) is 3.84. The minimum Gasteiger partial charge on any atom is -0.361 e. The summed E-state index contributed by atoms with van der Waals surface area (Å²) in [6.07, 6.45) is 3.30. The lowest BCUT2D eigenvalue weighted by Crippen LogP contribution is -2.32. The van der Waals surface area contributed by atoms with E-state index in [0.29, 0.717) is 0 Å². The largest absolute Gasteiger partial charge is 0.361 e. The summed E-state index contributed by atoms with van der Waals surface area (Å²) in [6, 6.07) is 7.79. The molecule has 5 nitrogen and oxygen atoms in total. The number of aromatic amines is 1. The smallest absolute Gasteiger partial charge is 0.226 e. The number of fused-ring (bicyclic) bond motifs is 1. The van der Waals surface area contributed by atoms with Crippen molar-refractivity contribution in [2.45, 2.75) is 6.42 Å². The molecular formula is C14H18N2O3S. The number of carbonyl (C=O) groups excluding carboxylic acids is 1. The molecule has 2 aromatic rings. The maximum Gasteiger partial charge on any atom is 0.226 e. The van der Waals surface area contributed by atoms with Crippen molar-refractivity contribution in [3.63, 3.8) is 0 Å². The number of amides is 1. The van der Waals surface area contributed by atoms with Gasteiger partial charge in [0.1, 0.15) is 9.84 Å². The fourth-order valence-corrected chi connectivity index (χ4v) is 2.55. The zero-order chi connectivity index (χ0) is 14.8. The number of hydrogen-bond donors (Lipinski definition) is 1. The van der Waals surface area contributed by atoms with E-state index in [1.165, 1.54) is 11.2 Å². The van der Waals surface area contributed by atoms with Gasteiger partial charge in [0.05, 0.1) is 12.2 Å². The molecule has 20 heavy (non-hydrogen) atoms. The molecule has 0 bridgehead atoms. The molecule has 0 aliphatic carbocycles. The molecule has 1 heterocycles. The molecule has 0 saturated heterocycles. The molecule has 1 amide bonds. The van der Waals surface area contributed by atoms with Crippen LogP contribution in [-0.4, -0.2) is 49.8 Å². The van der Waals surface area contributed by atoms with Crippen molar-refractivity contribution in [2.75, 3.05) is 25.6 Å². The quantitative estimate of drug-likeness (QED) is 0.901. The molecule has 0 aliphatic rings. The molecule has 0 atom stereocenters. The van der Waals surface area contributed by atoms with Crippen LogP contribution in [0.4, 0.5) is 0 Å². The number of carbonyl (C=O) groups is 1. The molecule has 6 heteroatoms. The van der Waals surface area contributed by atoms with E-state index in [9.17, 15) is 13.2 Å². The van der Waals surface area contributed by atoms with Gasteiger partial charge in [-0.2, -0.15) is 0 Å². The monoisotopic (exact) mass is 294 g/mol. The fourth-order valence-electron chi connectivity index (χ4n) is 1.94. The van der Waals surface area contributed by atoms with Crippen LogP contribution >= 0.6 is 0 Å². The summed E-state index contributed by atoms with van der Waals surface area (Å²) < 4.78 is 22.2. The molecule has 0 saturated carbocycles. The number of hydrogen-bond acceptors (Lipinski definition) is 3. The first-order valence-electron chi connectivity index (χ1n) is 6.33. The van der Waals surface area contributed by atoms with Gasteiger partial charge < -0.3 is 9.88 Å². The molecule has 0 radical (unpaired) electrons. The third-order valence-corrected chi connectivity index (χ3v) is 4.12. The fraction of sp³-hybridized carbons (Fsp3) is 0.357.